The lowest BCUT2D eigenvalue weighted by molar-refractivity contribution is -0.114. The van der Waals surface area contributed by atoms with Crippen LogP contribution in [0.5, 0.6) is 11.5 Å². The van der Waals surface area contributed by atoms with Crippen LogP contribution < -0.4 is 20.3 Å². The summed E-state index contributed by atoms with van der Waals surface area (Å²) in [5.74, 6) is -2.58. The van der Waals surface area contributed by atoms with Gasteiger partial charge in [-0.2, -0.15) is 4.98 Å². The monoisotopic (exact) mass is 640 g/mol. The zero-order valence-electron chi connectivity index (χ0n) is 26.6. The van der Waals surface area contributed by atoms with Crippen LogP contribution in [0, 0.1) is 11.6 Å². The number of likely N-dealkylation sites (N-methyl/N-ethyl adjacent to an activating group) is 1. The smallest absolute Gasteiger partial charge is 0.260 e. The Morgan fingerprint density at radius 3 is 2.45 bits per heavy atom. The first-order valence-electron chi connectivity index (χ1n) is 14.7. The van der Waals surface area contributed by atoms with Gasteiger partial charge in [0.05, 0.1) is 43.3 Å². The number of nitrogens with zero attached hydrogens (tertiary/aromatic N) is 5. The van der Waals surface area contributed by atoms with Crippen LogP contribution in [0.15, 0.2) is 84.1 Å². The van der Waals surface area contributed by atoms with Crippen molar-refractivity contribution in [2.24, 2.45) is 0 Å². The van der Waals surface area contributed by atoms with Gasteiger partial charge in [-0.1, -0.05) is 30.3 Å². The Morgan fingerprint density at radius 1 is 1.04 bits per heavy atom. The molecular weight excluding hydrogens is 606 g/mol. The molecule has 3 aromatic heterocycles. The first-order chi connectivity index (χ1) is 22.6. The first-order valence-corrected chi connectivity index (χ1v) is 14.7. The standard InChI is InChI=1S/C35H34F2N6O4/c1-21(23-10-6-9-22(15-23)16-26(44)12-8-14-42(2)3)43-33-24(19-39-35(41-33)40-25-11-7-13-38-20-25)17-27(34(43)45)30-31(36)28(46-4)18-29(47-5)32(30)37/h6-13,15,17-21H,14,16H2,1-5H3,(H,39,40,41)/b12-8+. The number of fused-ring (bicyclic) bond motifs is 1. The third-order valence-electron chi connectivity index (χ3n) is 7.51. The van der Waals surface area contributed by atoms with Crippen LogP contribution in [0.2, 0.25) is 0 Å². The highest BCUT2D eigenvalue weighted by atomic mass is 19.1. The molecule has 2 aromatic carbocycles. The summed E-state index contributed by atoms with van der Waals surface area (Å²) in [5.41, 5.74) is 0.674. The van der Waals surface area contributed by atoms with Gasteiger partial charge >= 0.3 is 0 Å². The van der Waals surface area contributed by atoms with Gasteiger partial charge in [-0.05, 0) is 56.4 Å². The number of nitrogens with one attached hydrogen (secondary N) is 1. The maximum Gasteiger partial charge on any atom is 0.260 e. The van der Waals surface area contributed by atoms with E-state index in [9.17, 15) is 9.59 Å². The molecule has 3 heterocycles. The SMILES string of the molecule is COc1cc(OC)c(F)c(-c2cc3cnc(Nc4cccnc4)nc3n(C(C)c3cccc(CC(=O)/C=C/CN(C)C)c3)c2=O)c1F. The molecule has 5 aromatic rings. The third kappa shape index (κ3) is 7.17. The van der Waals surface area contributed by atoms with Crippen molar-refractivity contribution in [1.29, 1.82) is 0 Å². The number of pyridine rings is 2. The summed E-state index contributed by atoms with van der Waals surface area (Å²) in [6.07, 6.45) is 8.19. The van der Waals surface area contributed by atoms with Crippen molar-refractivity contribution < 1.29 is 23.0 Å². The summed E-state index contributed by atoms with van der Waals surface area (Å²) in [4.78, 5) is 42.1. The molecule has 0 amide bonds. The fourth-order valence-corrected chi connectivity index (χ4v) is 5.17. The molecule has 5 rings (SSSR count). The number of methoxy groups -OCH3 is 2. The molecule has 0 bridgehead atoms. The fraction of sp³-hybridized carbons (Fsp3) is 0.229. The lowest BCUT2D eigenvalue weighted by atomic mass is 10.00. The van der Waals surface area contributed by atoms with Gasteiger partial charge in [0.15, 0.2) is 28.9 Å². The van der Waals surface area contributed by atoms with Gasteiger partial charge in [-0.3, -0.25) is 19.1 Å². The van der Waals surface area contributed by atoms with Crippen LogP contribution in [0.25, 0.3) is 22.2 Å². The van der Waals surface area contributed by atoms with E-state index in [-0.39, 0.29) is 40.9 Å². The van der Waals surface area contributed by atoms with Crippen LogP contribution in [0.3, 0.4) is 0 Å². The summed E-state index contributed by atoms with van der Waals surface area (Å²) >= 11 is 0. The number of ketones is 1. The molecule has 0 saturated carbocycles. The molecule has 1 N–H and O–H groups in total. The van der Waals surface area contributed by atoms with E-state index in [1.54, 1.807) is 49.7 Å². The van der Waals surface area contributed by atoms with Crippen LogP contribution in [-0.2, 0) is 11.2 Å². The summed E-state index contributed by atoms with van der Waals surface area (Å²) < 4.78 is 43.1. The van der Waals surface area contributed by atoms with Gasteiger partial charge in [0.25, 0.3) is 5.56 Å². The van der Waals surface area contributed by atoms with E-state index in [0.29, 0.717) is 23.2 Å². The molecule has 242 valence electrons. The summed E-state index contributed by atoms with van der Waals surface area (Å²) in [6, 6.07) is 12.5. The first kappa shape index (κ1) is 32.9. The molecule has 47 heavy (non-hydrogen) atoms. The minimum atomic E-state index is -1.06. The number of allylic oxidation sites excluding steroid dienone is 1. The highest BCUT2D eigenvalue weighted by Gasteiger charge is 2.27. The summed E-state index contributed by atoms with van der Waals surface area (Å²) in [5, 5.41) is 3.42. The molecule has 1 unspecified atom stereocenters. The van der Waals surface area contributed by atoms with Crippen LogP contribution in [0.1, 0.15) is 24.1 Å². The zero-order chi connectivity index (χ0) is 33.7. The van der Waals surface area contributed by atoms with Crippen molar-refractivity contribution in [3.05, 3.63) is 112 Å². The number of halogens is 2. The minimum absolute atomic E-state index is 0.0713. The highest BCUT2D eigenvalue weighted by Crippen LogP contribution is 2.37. The quantitative estimate of drug-likeness (QED) is 0.171. The Kier molecular flexibility index (Phi) is 10.0. The Labute approximate surface area is 270 Å². The molecule has 10 nitrogen and oxygen atoms in total. The van der Waals surface area contributed by atoms with Gasteiger partial charge in [-0.25, -0.2) is 13.8 Å². The van der Waals surface area contributed by atoms with Crippen molar-refractivity contribution in [2.45, 2.75) is 19.4 Å². The van der Waals surface area contributed by atoms with E-state index < -0.39 is 28.8 Å². The average Bonchev–Trinajstić information content (AvgIpc) is 3.05. The molecule has 0 saturated heterocycles. The number of carbonyl (C=O) groups excluding carboxylic acids is 1. The molecule has 0 radical (unpaired) electrons. The molecule has 12 heteroatoms. The summed E-state index contributed by atoms with van der Waals surface area (Å²) in [6.45, 7) is 2.41. The number of carbonyl (C=O) groups is 1. The lowest BCUT2D eigenvalue weighted by Gasteiger charge is -2.21. The molecule has 0 spiro atoms. The number of rotatable bonds is 12. The second-order valence-corrected chi connectivity index (χ2v) is 11.1. The van der Waals surface area contributed by atoms with E-state index in [4.69, 9.17) is 9.47 Å². The van der Waals surface area contributed by atoms with E-state index in [0.717, 1.165) is 11.6 Å². The number of hydrogen-bond acceptors (Lipinski definition) is 9. The molecule has 0 aliphatic rings. The number of ether oxygens (including phenoxy) is 2. The van der Waals surface area contributed by atoms with Gasteiger partial charge in [0.1, 0.15) is 5.65 Å². The van der Waals surface area contributed by atoms with Crippen LogP contribution in [-0.4, -0.2) is 65.1 Å². The van der Waals surface area contributed by atoms with Crippen LogP contribution in [0.4, 0.5) is 20.4 Å². The third-order valence-corrected chi connectivity index (χ3v) is 7.51. The van der Waals surface area contributed by atoms with E-state index in [2.05, 4.69) is 20.3 Å². The van der Waals surface area contributed by atoms with Crippen molar-refractivity contribution in [1.82, 2.24) is 24.4 Å². The van der Waals surface area contributed by atoms with Crippen LogP contribution >= 0.6 is 0 Å². The Hall–Kier alpha value is -5.49. The lowest BCUT2D eigenvalue weighted by Crippen LogP contribution is -2.27. The maximum atomic E-state index is 15.7. The Balaban J connectivity index is 1.68. The van der Waals surface area contributed by atoms with Gasteiger partial charge < -0.3 is 19.7 Å². The fourth-order valence-electron chi connectivity index (χ4n) is 5.17. The number of aromatic nitrogens is 4. The molecule has 0 aliphatic heterocycles. The highest BCUT2D eigenvalue weighted by molar-refractivity contribution is 5.91. The van der Waals surface area contributed by atoms with Gasteiger partial charge in [-0.15, -0.1) is 0 Å². The topological polar surface area (TPSA) is 111 Å². The Bertz CT molecular complexity index is 1990. The normalized spacial score (nSPS) is 12.1. The minimum Gasteiger partial charge on any atom is -0.494 e. The van der Waals surface area contributed by atoms with Crippen molar-refractivity contribution in [2.75, 3.05) is 40.2 Å². The van der Waals surface area contributed by atoms with E-state index in [1.165, 1.54) is 31.0 Å². The van der Waals surface area contributed by atoms with Crippen molar-refractivity contribution >= 4 is 28.5 Å². The maximum absolute atomic E-state index is 15.7. The number of benzene rings is 2. The molecule has 0 fully saturated rings. The predicted octanol–water partition coefficient (Wildman–Crippen LogP) is 5.73. The molecule has 0 aliphatic carbocycles. The molecule has 1 atom stereocenters. The second-order valence-electron chi connectivity index (χ2n) is 11.1. The second kappa shape index (κ2) is 14.3. The largest absolute Gasteiger partial charge is 0.494 e. The van der Waals surface area contributed by atoms with Gasteiger partial charge in [0, 0.05) is 36.8 Å². The van der Waals surface area contributed by atoms with E-state index >= 15 is 8.78 Å². The molecular formula is C35H34F2N6O4. The number of hydrogen-bond donors (Lipinski definition) is 1. The average molecular weight is 641 g/mol. The number of anilines is 2. The zero-order valence-corrected chi connectivity index (χ0v) is 26.6. The Morgan fingerprint density at radius 2 is 1.79 bits per heavy atom. The summed E-state index contributed by atoms with van der Waals surface area (Å²) in [7, 11) is 6.30. The van der Waals surface area contributed by atoms with Crippen molar-refractivity contribution in [3.63, 3.8) is 0 Å². The predicted molar refractivity (Wildman–Crippen MR) is 176 cm³/mol. The van der Waals surface area contributed by atoms with E-state index in [1.807, 2.05) is 37.2 Å². The van der Waals surface area contributed by atoms with Gasteiger partial charge in [0.2, 0.25) is 5.95 Å². The van der Waals surface area contributed by atoms with Crippen molar-refractivity contribution in [3.8, 4) is 22.6 Å².